The molecule has 3 rings (SSSR count). The van der Waals surface area contributed by atoms with Crippen LogP contribution in [0.2, 0.25) is 0 Å². The predicted molar refractivity (Wildman–Crippen MR) is 107 cm³/mol. The lowest BCUT2D eigenvalue weighted by molar-refractivity contribution is -0.120. The van der Waals surface area contributed by atoms with Gasteiger partial charge in [-0.2, -0.15) is 5.26 Å². The molecule has 7 heteroatoms. The third kappa shape index (κ3) is 4.46. The van der Waals surface area contributed by atoms with E-state index in [0.717, 1.165) is 25.1 Å². The van der Waals surface area contributed by atoms with E-state index >= 15 is 0 Å². The third-order valence-corrected chi connectivity index (χ3v) is 5.05. The number of benzene rings is 1. The Morgan fingerprint density at radius 1 is 1.29 bits per heavy atom. The van der Waals surface area contributed by atoms with Crippen molar-refractivity contribution in [3.63, 3.8) is 0 Å². The number of carbonyl (C=O) groups excluding carboxylic acids is 1. The van der Waals surface area contributed by atoms with Gasteiger partial charge in [-0.1, -0.05) is 6.07 Å². The largest absolute Gasteiger partial charge is 0.354 e. The van der Waals surface area contributed by atoms with Crippen molar-refractivity contribution in [2.24, 2.45) is 0 Å². The zero-order chi connectivity index (χ0) is 20.1. The van der Waals surface area contributed by atoms with Crippen molar-refractivity contribution in [1.82, 2.24) is 9.88 Å². The Morgan fingerprint density at radius 3 is 2.86 bits per heavy atom. The number of hydrogen-bond acceptors (Lipinski definition) is 5. The zero-order valence-electron chi connectivity index (χ0n) is 16.2. The van der Waals surface area contributed by atoms with Gasteiger partial charge in [-0.3, -0.25) is 9.69 Å². The average molecular weight is 381 g/mol. The molecule has 0 spiro atoms. The number of rotatable bonds is 4. The summed E-state index contributed by atoms with van der Waals surface area (Å²) < 4.78 is 14.0. The van der Waals surface area contributed by atoms with Crippen LogP contribution in [0.25, 0.3) is 0 Å². The maximum Gasteiger partial charge on any atom is 0.241 e. The van der Waals surface area contributed by atoms with Gasteiger partial charge in [-0.15, -0.1) is 0 Å². The molecular formula is C21H24FN5O. The van der Waals surface area contributed by atoms with Crippen molar-refractivity contribution < 1.29 is 9.18 Å². The Labute approximate surface area is 164 Å². The second-order valence-electron chi connectivity index (χ2n) is 7.01. The van der Waals surface area contributed by atoms with Gasteiger partial charge in [0.1, 0.15) is 17.7 Å². The van der Waals surface area contributed by atoms with Crippen molar-refractivity contribution in [2.75, 3.05) is 36.4 Å². The van der Waals surface area contributed by atoms with Gasteiger partial charge in [0.05, 0.1) is 17.3 Å². The number of nitriles is 1. The Hall–Kier alpha value is -2.98. The van der Waals surface area contributed by atoms with Crippen LogP contribution in [0, 0.1) is 24.1 Å². The second-order valence-corrected chi connectivity index (χ2v) is 7.01. The highest BCUT2D eigenvalue weighted by Crippen LogP contribution is 2.20. The van der Waals surface area contributed by atoms with E-state index in [4.69, 9.17) is 0 Å². The van der Waals surface area contributed by atoms with E-state index < -0.39 is 5.82 Å². The minimum atomic E-state index is -0.429. The molecule has 1 aromatic heterocycles. The molecule has 28 heavy (non-hydrogen) atoms. The number of pyridine rings is 1. The van der Waals surface area contributed by atoms with E-state index in [-0.39, 0.29) is 17.6 Å². The van der Waals surface area contributed by atoms with Gasteiger partial charge in [-0.25, -0.2) is 9.37 Å². The van der Waals surface area contributed by atoms with Crippen LogP contribution in [0.4, 0.5) is 15.9 Å². The number of anilines is 2. The molecule has 1 amide bonds. The van der Waals surface area contributed by atoms with Crippen LogP contribution in [0.3, 0.4) is 0 Å². The molecule has 0 saturated carbocycles. The minimum absolute atomic E-state index is 0.200. The summed E-state index contributed by atoms with van der Waals surface area (Å²) in [6.45, 7) is 6.48. The molecule has 1 aromatic carbocycles. The van der Waals surface area contributed by atoms with Crippen molar-refractivity contribution in [1.29, 1.82) is 5.26 Å². The van der Waals surface area contributed by atoms with Crippen LogP contribution in [0.15, 0.2) is 36.5 Å². The first kappa shape index (κ1) is 19.8. The summed E-state index contributed by atoms with van der Waals surface area (Å²) in [4.78, 5) is 21.1. The van der Waals surface area contributed by atoms with Gasteiger partial charge < -0.3 is 10.2 Å². The molecule has 0 aliphatic carbocycles. The molecule has 1 N–H and O–H groups in total. The summed E-state index contributed by atoms with van der Waals surface area (Å²) >= 11 is 0. The van der Waals surface area contributed by atoms with Crippen molar-refractivity contribution in [3.05, 3.63) is 53.5 Å². The summed E-state index contributed by atoms with van der Waals surface area (Å²) in [5.41, 5.74) is 1.56. The van der Waals surface area contributed by atoms with Gasteiger partial charge in [0.2, 0.25) is 5.91 Å². The molecule has 1 aliphatic heterocycles. The number of hydrogen-bond donors (Lipinski definition) is 1. The SMILES string of the molecule is Cc1ccc(NC(=O)C(C)N2CCCN(c3ncccc3C#N)CC2)c(F)c1. The summed E-state index contributed by atoms with van der Waals surface area (Å²) in [6.07, 6.45) is 2.53. The smallest absolute Gasteiger partial charge is 0.241 e. The molecule has 0 bridgehead atoms. The van der Waals surface area contributed by atoms with Crippen LogP contribution >= 0.6 is 0 Å². The van der Waals surface area contributed by atoms with Gasteiger partial charge >= 0.3 is 0 Å². The lowest BCUT2D eigenvalue weighted by Gasteiger charge is -2.27. The van der Waals surface area contributed by atoms with Crippen LogP contribution in [0.5, 0.6) is 0 Å². The average Bonchev–Trinajstić information content (AvgIpc) is 2.95. The first-order valence-corrected chi connectivity index (χ1v) is 9.40. The maximum absolute atomic E-state index is 14.0. The van der Waals surface area contributed by atoms with E-state index in [2.05, 4.69) is 26.2 Å². The van der Waals surface area contributed by atoms with Gasteiger partial charge in [0.15, 0.2) is 0 Å². The van der Waals surface area contributed by atoms with Crippen molar-refractivity contribution >= 4 is 17.4 Å². The topological polar surface area (TPSA) is 72.3 Å². The zero-order valence-corrected chi connectivity index (χ0v) is 16.2. The minimum Gasteiger partial charge on any atom is -0.354 e. The quantitative estimate of drug-likeness (QED) is 0.882. The molecule has 1 saturated heterocycles. The molecule has 1 atom stereocenters. The highest BCUT2D eigenvalue weighted by molar-refractivity contribution is 5.94. The predicted octanol–water partition coefficient (Wildman–Crippen LogP) is 2.94. The van der Waals surface area contributed by atoms with Crippen LogP contribution in [-0.4, -0.2) is 48.0 Å². The molecular weight excluding hydrogens is 357 g/mol. The fourth-order valence-corrected chi connectivity index (χ4v) is 3.40. The third-order valence-electron chi connectivity index (χ3n) is 5.05. The number of aryl methyl sites for hydroxylation is 1. The molecule has 0 radical (unpaired) electrons. The van der Waals surface area contributed by atoms with Gasteiger partial charge in [0.25, 0.3) is 0 Å². The van der Waals surface area contributed by atoms with Crippen LogP contribution in [-0.2, 0) is 4.79 Å². The first-order valence-electron chi connectivity index (χ1n) is 9.40. The number of aromatic nitrogens is 1. The van der Waals surface area contributed by atoms with Crippen molar-refractivity contribution in [2.45, 2.75) is 26.3 Å². The number of nitrogens with zero attached hydrogens (tertiary/aromatic N) is 4. The lowest BCUT2D eigenvalue weighted by Crippen LogP contribution is -2.44. The molecule has 1 unspecified atom stereocenters. The van der Waals surface area contributed by atoms with E-state index in [0.29, 0.717) is 24.5 Å². The maximum atomic E-state index is 14.0. The highest BCUT2D eigenvalue weighted by Gasteiger charge is 2.25. The van der Waals surface area contributed by atoms with Crippen LogP contribution in [0.1, 0.15) is 24.5 Å². The number of nitrogens with one attached hydrogen (secondary N) is 1. The summed E-state index contributed by atoms with van der Waals surface area (Å²) in [6, 6.07) is 10.1. The summed E-state index contributed by atoms with van der Waals surface area (Å²) in [5.74, 6) is 0.0270. The van der Waals surface area contributed by atoms with Gasteiger partial charge in [0, 0.05) is 32.4 Å². The molecule has 2 aromatic rings. The Bertz CT molecular complexity index is 895. The first-order chi connectivity index (χ1) is 13.5. The standard InChI is InChI=1S/C21H24FN5O/c1-15-6-7-19(18(22)13-15)25-21(28)16(2)26-9-4-10-27(12-11-26)20-17(14-23)5-3-8-24-20/h3,5-8,13,16H,4,9-12H2,1-2H3,(H,25,28). The lowest BCUT2D eigenvalue weighted by atomic mass is 10.2. The normalized spacial score (nSPS) is 16.1. The monoisotopic (exact) mass is 381 g/mol. The Kier molecular flexibility index (Phi) is 6.22. The Balaban J connectivity index is 1.64. The number of halogens is 1. The second kappa shape index (κ2) is 8.81. The molecule has 1 aliphatic rings. The number of carbonyl (C=O) groups is 1. The van der Waals surface area contributed by atoms with E-state index in [1.807, 2.05) is 6.92 Å². The fraction of sp³-hybridized carbons (Fsp3) is 0.381. The van der Waals surface area contributed by atoms with E-state index in [9.17, 15) is 14.4 Å². The van der Waals surface area contributed by atoms with Crippen molar-refractivity contribution in [3.8, 4) is 6.07 Å². The number of amides is 1. The highest BCUT2D eigenvalue weighted by atomic mass is 19.1. The molecule has 146 valence electrons. The Morgan fingerprint density at radius 2 is 2.11 bits per heavy atom. The van der Waals surface area contributed by atoms with Crippen LogP contribution < -0.4 is 10.2 Å². The molecule has 1 fully saturated rings. The van der Waals surface area contributed by atoms with Gasteiger partial charge in [-0.05, 0) is 50.1 Å². The fourth-order valence-electron chi connectivity index (χ4n) is 3.40. The molecule has 2 heterocycles. The van der Waals surface area contributed by atoms with E-state index in [1.54, 1.807) is 37.4 Å². The molecule has 6 nitrogen and oxygen atoms in total. The van der Waals surface area contributed by atoms with E-state index in [1.165, 1.54) is 6.07 Å². The summed E-state index contributed by atoms with van der Waals surface area (Å²) in [7, 11) is 0. The summed E-state index contributed by atoms with van der Waals surface area (Å²) in [5, 5.41) is 12.0.